The Morgan fingerprint density at radius 3 is 2.55 bits per heavy atom. The summed E-state index contributed by atoms with van der Waals surface area (Å²) in [6.07, 6.45) is 2.93. The first-order valence-corrected chi connectivity index (χ1v) is 7.72. The molecular formula is C18H20O4. The van der Waals surface area contributed by atoms with Gasteiger partial charge in [0.05, 0.1) is 0 Å². The summed E-state index contributed by atoms with van der Waals surface area (Å²) in [7, 11) is 0. The van der Waals surface area contributed by atoms with Crippen molar-refractivity contribution < 1.29 is 13.9 Å². The van der Waals surface area contributed by atoms with Crippen LogP contribution in [0.15, 0.2) is 21.3 Å². The standard InChI is InChI=1S/C18H20O4/c1-10-11(2)18(20)22-17-12(3)15(9-8-13(10)17)21-16-7-5-4-6-14(16)19/h8-9,16H,4-7H2,1-3H3/t16-/m1/s1. The second-order valence-electron chi connectivity index (χ2n) is 6.02. The first-order chi connectivity index (χ1) is 10.5. The zero-order valence-corrected chi connectivity index (χ0v) is 13.2. The van der Waals surface area contributed by atoms with Crippen LogP contribution >= 0.6 is 0 Å². The lowest BCUT2D eigenvalue weighted by molar-refractivity contribution is -0.127. The molecule has 0 bridgehead atoms. The summed E-state index contributed by atoms with van der Waals surface area (Å²) in [5, 5.41) is 0.914. The molecule has 1 aromatic heterocycles. The fourth-order valence-electron chi connectivity index (χ4n) is 2.98. The van der Waals surface area contributed by atoms with Crippen LogP contribution in [0.25, 0.3) is 11.0 Å². The number of carbonyl (C=O) groups is 1. The molecule has 0 saturated heterocycles. The van der Waals surface area contributed by atoms with Gasteiger partial charge in [-0.25, -0.2) is 4.79 Å². The largest absolute Gasteiger partial charge is 0.482 e. The van der Waals surface area contributed by atoms with E-state index >= 15 is 0 Å². The van der Waals surface area contributed by atoms with Gasteiger partial charge in [-0.2, -0.15) is 0 Å². The summed E-state index contributed by atoms with van der Waals surface area (Å²) >= 11 is 0. The highest BCUT2D eigenvalue weighted by molar-refractivity contribution is 5.86. The topological polar surface area (TPSA) is 56.5 Å². The van der Waals surface area contributed by atoms with Gasteiger partial charge in [-0.05, 0) is 57.7 Å². The van der Waals surface area contributed by atoms with Crippen LogP contribution in [0, 0.1) is 20.8 Å². The molecule has 1 aromatic carbocycles. The smallest absolute Gasteiger partial charge is 0.339 e. The molecule has 0 N–H and O–H groups in total. The Morgan fingerprint density at radius 2 is 1.82 bits per heavy atom. The second kappa shape index (κ2) is 5.59. The minimum atomic E-state index is -0.372. The van der Waals surface area contributed by atoms with Gasteiger partial charge in [0.1, 0.15) is 11.3 Å². The van der Waals surface area contributed by atoms with E-state index in [-0.39, 0.29) is 17.5 Å². The van der Waals surface area contributed by atoms with Gasteiger partial charge in [-0.15, -0.1) is 0 Å². The van der Waals surface area contributed by atoms with Crippen molar-refractivity contribution >= 4 is 16.8 Å². The number of Topliss-reactive ketones (excluding diaryl/α,β-unsaturated/α-hetero) is 1. The molecule has 0 radical (unpaired) electrons. The molecule has 4 heteroatoms. The zero-order chi connectivity index (χ0) is 15.9. The molecule has 1 atom stereocenters. The van der Waals surface area contributed by atoms with Gasteiger partial charge in [-0.1, -0.05) is 0 Å². The molecule has 0 unspecified atom stereocenters. The van der Waals surface area contributed by atoms with Crippen LogP contribution in [0.5, 0.6) is 5.75 Å². The monoisotopic (exact) mass is 300 g/mol. The molecule has 4 nitrogen and oxygen atoms in total. The summed E-state index contributed by atoms with van der Waals surface area (Å²) in [6, 6.07) is 3.77. The van der Waals surface area contributed by atoms with Gasteiger partial charge in [0, 0.05) is 22.9 Å². The number of hydrogen-bond donors (Lipinski definition) is 0. The SMILES string of the molecule is Cc1c(C)c2ccc(O[C@@H]3CCCCC3=O)c(C)c2oc1=O. The molecule has 0 spiro atoms. The molecule has 1 aliphatic carbocycles. The van der Waals surface area contributed by atoms with E-state index in [1.165, 1.54) is 0 Å². The van der Waals surface area contributed by atoms with Gasteiger partial charge < -0.3 is 9.15 Å². The molecule has 1 heterocycles. The van der Waals surface area contributed by atoms with Crippen LogP contribution in [0.3, 0.4) is 0 Å². The summed E-state index contributed by atoms with van der Waals surface area (Å²) in [6.45, 7) is 5.54. The van der Waals surface area contributed by atoms with Crippen LogP contribution < -0.4 is 10.4 Å². The highest BCUT2D eigenvalue weighted by Gasteiger charge is 2.25. The third-order valence-corrected chi connectivity index (χ3v) is 4.59. The molecule has 0 amide bonds. The maximum atomic E-state index is 11.9. The zero-order valence-electron chi connectivity index (χ0n) is 13.2. The van der Waals surface area contributed by atoms with Crippen LogP contribution in [0.1, 0.15) is 42.4 Å². The number of carbonyl (C=O) groups excluding carboxylic acids is 1. The van der Waals surface area contributed by atoms with Crippen LogP contribution in [0.2, 0.25) is 0 Å². The highest BCUT2D eigenvalue weighted by Crippen LogP contribution is 2.31. The van der Waals surface area contributed by atoms with E-state index in [4.69, 9.17) is 9.15 Å². The maximum absolute atomic E-state index is 11.9. The number of aryl methyl sites for hydroxylation is 2. The van der Waals surface area contributed by atoms with Gasteiger partial charge in [-0.3, -0.25) is 4.79 Å². The average Bonchev–Trinajstić information content (AvgIpc) is 2.50. The predicted molar refractivity (Wildman–Crippen MR) is 84.6 cm³/mol. The normalized spacial score (nSPS) is 18.7. The second-order valence-corrected chi connectivity index (χ2v) is 6.02. The minimum absolute atomic E-state index is 0.160. The molecule has 1 aliphatic rings. The van der Waals surface area contributed by atoms with Crippen molar-refractivity contribution in [2.75, 3.05) is 0 Å². The third kappa shape index (κ3) is 2.43. The Balaban J connectivity index is 2.05. The average molecular weight is 300 g/mol. The third-order valence-electron chi connectivity index (χ3n) is 4.59. The van der Waals surface area contributed by atoms with Gasteiger partial charge in [0.15, 0.2) is 11.9 Å². The van der Waals surface area contributed by atoms with Crippen molar-refractivity contribution in [3.05, 3.63) is 39.2 Å². The van der Waals surface area contributed by atoms with E-state index in [1.807, 2.05) is 26.0 Å². The van der Waals surface area contributed by atoms with Crippen molar-refractivity contribution in [1.29, 1.82) is 0 Å². The number of ketones is 1. The molecule has 3 rings (SSSR count). The van der Waals surface area contributed by atoms with E-state index in [0.717, 1.165) is 35.8 Å². The molecule has 2 aromatic rings. The van der Waals surface area contributed by atoms with Crippen molar-refractivity contribution in [2.24, 2.45) is 0 Å². The van der Waals surface area contributed by atoms with Crippen LogP contribution in [-0.4, -0.2) is 11.9 Å². The summed E-state index contributed by atoms with van der Waals surface area (Å²) < 4.78 is 11.3. The number of benzene rings is 1. The first kappa shape index (κ1) is 14.8. The Morgan fingerprint density at radius 1 is 1.05 bits per heavy atom. The fourth-order valence-corrected chi connectivity index (χ4v) is 2.98. The highest BCUT2D eigenvalue weighted by atomic mass is 16.5. The van der Waals surface area contributed by atoms with Crippen LogP contribution in [0.4, 0.5) is 0 Å². The Hall–Kier alpha value is -2.10. The lowest BCUT2D eigenvalue weighted by Crippen LogP contribution is -2.30. The van der Waals surface area contributed by atoms with Gasteiger partial charge in [0.2, 0.25) is 0 Å². The van der Waals surface area contributed by atoms with E-state index in [1.54, 1.807) is 6.92 Å². The summed E-state index contributed by atoms with van der Waals surface area (Å²) in [5.41, 5.74) is 2.56. The summed E-state index contributed by atoms with van der Waals surface area (Å²) in [5.74, 6) is 0.784. The van der Waals surface area contributed by atoms with Gasteiger partial charge in [0.25, 0.3) is 0 Å². The van der Waals surface area contributed by atoms with E-state index in [2.05, 4.69) is 0 Å². The Bertz CT molecular complexity index is 801. The van der Waals surface area contributed by atoms with Crippen molar-refractivity contribution in [3.63, 3.8) is 0 Å². The van der Waals surface area contributed by atoms with E-state index in [0.29, 0.717) is 23.3 Å². The van der Waals surface area contributed by atoms with Crippen molar-refractivity contribution in [1.82, 2.24) is 0 Å². The maximum Gasteiger partial charge on any atom is 0.339 e. The van der Waals surface area contributed by atoms with Crippen LogP contribution in [-0.2, 0) is 4.79 Å². The molecule has 0 aliphatic heterocycles. The quantitative estimate of drug-likeness (QED) is 0.795. The van der Waals surface area contributed by atoms with E-state index in [9.17, 15) is 9.59 Å². The van der Waals surface area contributed by atoms with Crippen molar-refractivity contribution in [2.45, 2.75) is 52.6 Å². The summed E-state index contributed by atoms with van der Waals surface area (Å²) in [4.78, 5) is 23.8. The van der Waals surface area contributed by atoms with E-state index < -0.39 is 0 Å². The van der Waals surface area contributed by atoms with Gasteiger partial charge >= 0.3 is 5.63 Å². The minimum Gasteiger partial charge on any atom is -0.482 e. The Labute approximate surface area is 129 Å². The fraction of sp³-hybridized carbons (Fsp3) is 0.444. The molecule has 116 valence electrons. The first-order valence-electron chi connectivity index (χ1n) is 7.72. The molecule has 1 fully saturated rings. The number of fused-ring (bicyclic) bond motifs is 1. The number of rotatable bonds is 2. The number of ether oxygens (including phenoxy) is 1. The lowest BCUT2D eigenvalue weighted by atomic mass is 9.96. The lowest BCUT2D eigenvalue weighted by Gasteiger charge is -2.23. The molecule has 22 heavy (non-hydrogen) atoms. The Kier molecular flexibility index (Phi) is 3.77. The predicted octanol–water partition coefficient (Wildman–Crippen LogP) is 3.61. The molecular weight excluding hydrogens is 280 g/mol. The molecule has 1 saturated carbocycles. The number of hydrogen-bond acceptors (Lipinski definition) is 4. The van der Waals surface area contributed by atoms with Crippen molar-refractivity contribution in [3.8, 4) is 5.75 Å².